The lowest BCUT2D eigenvalue weighted by Gasteiger charge is -2.32. The van der Waals surface area contributed by atoms with Crippen molar-refractivity contribution in [1.29, 1.82) is 0 Å². The molecule has 0 aliphatic heterocycles. The Morgan fingerprint density at radius 1 is 1.06 bits per heavy atom. The molecule has 0 fully saturated rings. The van der Waals surface area contributed by atoms with Crippen LogP contribution in [0.2, 0.25) is 0 Å². The lowest BCUT2D eigenvalue weighted by Crippen LogP contribution is -2.39. The number of para-hydroxylation sites is 1. The molecule has 3 rings (SSSR count). The summed E-state index contributed by atoms with van der Waals surface area (Å²) in [5, 5.41) is 0.595. The van der Waals surface area contributed by atoms with Crippen LogP contribution in [0.1, 0.15) is 81.7 Å². The average molecular weight is 434 g/mol. The number of amides is 1. The molecule has 32 heavy (non-hydrogen) atoms. The van der Waals surface area contributed by atoms with Crippen LogP contribution in [0.25, 0.3) is 10.9 Å². The lowest BCUT2D eigenvalue weighted by molar-refractivity contribution is 0.0654. The van der Waals surface area contributed by atoms with Gasteiger partial charge in [-0.3, -0.25) is 14.2 Å². The predicted molar refractivity (Wildman–Crippen MR) is 131 cm³/mol. The van der Waals surface area contributed by atoms with Crippen molar-refractivity contribution in [2.45, 2.75) is 65.3 Å². The van der Waals surface area contributed by atoms with Crippen LogP contribution in [0.3, 0.4) is 0 Å². The lowest BCUT2D eigenvalue weighted by atomic mass is 9.86. The van der Waals surface area contributed by atoms with Gasteiger partial charge in [-0.2, -0.15) is 0 Å². The van der Waals surface area contributed by atoms with Crippen LogP contribution in [0.15, 0.2) is 53.3 Å². The molecule has 1 amide bonds. The maximum absolute atomic E-state index is 13.7. The largest absolute Gasteiger partial charge is 0.328 e. The van der Waals surface area contributed by atoms with E-state index in [0.717, 1.165) is 12.8 Å². The summed E-state index contributed by atoms with van der Waals surface area (Å²) in [6.07, 6.45) is 2.55. The highest BCUT2D eigenvalue weighted by Gasteiger charge is 2.28. The van der Waals surface area contributed by atoms with Crippen molar-refractivity contribution in [3.05, 3.63) is 75.8 Å². The molecule has 3 aromatic rings. The van der Waals surface area contributed by atoms with E-state index in [4.69, 9.17) is 4.98 Å². The van der Waals surface area contributed by atoms with Crippen molar-refractivity contribution in [2.24, 2.45) is 7.05 Å². The van der Waals surface area contributed by atoms with Gasteiger partial charge in [0, 0.05) is 19.2 Å². The molecule has 0 spiro atoms. The van der Waals surface area contributed by atoms with Crippen molar-refractivity contribution < 1.29 is 4.79 Å². The molecule has 2 aromatic carbocycles. The van der Waals surface area contributed by atoms with E-state index in [2.05, 4.69) is 27.7 Å². The molecule has 5 nitrogen and oxygen atoms in total. The molecule has 0 bridgehead atoms. The van der Waals surface area contributed by atoms with Gasteiger partial charge in [0.1, 0.15) is 5.82 Å². The SMILES string of the molecule is CCCCN(C(=O)c1ccc(C(C)(C)C)cc1)[C@@H](CC)c1nc2ccccc2c(=O)n1C. The molecule has 1 aromatic heterocycles. The Balaban J connectivity index is 2.05. The van der Waals surface area contributed by atoms with Gasteiger partial charge in [0.05, 0.1) is 16.9 Å². The van der Waals surface area contributed by atoms with E-state index in [1.54, 1.807) is 17.7 Å². The Kier molecular flexibility index (Phi) is 7.17. The monoisotopic (exact) mass is 433 g/mol. The Labute approximate surface area is 191 Å². The van der Waals surface area contributed by atoms with Gasteiger partial charge in [0.2, 0.25) is 0 Å². The molecule has 0 radical (unpaired) electrons. The van der Waals surface area contributed by atoms with Crippen LogP contribution in [0.4, 0.5) is 0 Å². The number of aromatic nitrogens is 2. The minimum absolute atomic E-state index is 0.0202. The molecule has 170 valence electrons. The summed E-state index contributed by atoms with van der Waals surface area (Å²) in [7, 11) is 1.75. The molecule has 0 unspecified atom stereocenters. The molecule has 1 atom stereocenters. The van der Waals surface area contributed by atoms with E-state index in [9.17, 15) is 9.59 Å². The minimum Gasteiger partial charge on any atom is -0.328 e. The zero-order valence-corrected chi connectivity index (χ0v) is 20.2. The van der Waals surface area contributed by atoms with E-state index in [1.165, 1.54) is 5.56 Å². The molecular weight excluding hydrogens is 398 g/mol. The smallest absolute Gasteiger partial charge is 0.261 e. The number of carbonyl (C=O) groups excluding carboxylic acids is 1. The standard InChI is InChI=1S/C27H35N3O2/c1-7-9-18-30(25(31)19-14-16-20(17-15-19)27(3,4)5)23(8-2)24-28-22-13-11-10-12-21(22)26(32)29(24)6/h10-17,23H,7-9,18H2,1-6H3/t23-/m0/s1. The van der Waals surface area contributed by atoms with E-state index in [0.29, 0.717) is 35.3 Å². The zero-order valence-electron chi connectivity index (χ0n) is 20.2. The van der Waals surface area contributed by atoms with Gasteiger partial charge < -0.3 is 4.90 Å². The van der Waals surface area contributed by atoms with Crippen LogP contribution in [-0.4, -0.2) is 26.9 Å². The zero-order chi connectivity index (χ0) is 23.5. The summed E-state index contributed by atoms with van der Waals surface area (Å²) >= 11 is 0. The fraction of sp³-hybridized carbons (Fsp3) is 0.444. The highest BCUT2D eigenvalue weighted by atomic mass is 16.2. The maximum atomic E-state index is 13.7. The number of benzene rings is 2. The second-order valence-electron chi connectivity index (χ2n) is 9.45. The van der Waals surface area contributed by atoms with Gasteiger partial charge >= 0.3 is 0 Å². The van der Waals surface area contributed by atoms with Gasteiger partial charge in [0.25, 0.3) is 11.5 Å². The van der Waals surface area contributed by atoms with Crippen molar-refractivity contribution in [1.82, 2.24) is 14.5 Å². The van der Waals surface area contributed by atoms with Crippen LogP contribution in [0, 0.1) is 0 Å². The number of fused-ring (bicyclic) bond motifs is 1. The van der Waals surface area contributed by atoms with Crippen molar-refractivity contribution in [3.8, 4) is 0 Å². The van der Waals surface area contributed by atoms with Crippen LogP contribution < -0.4 is 5.56 Å². The number of unbranched alkanes of at least 4 members (excludes halogenated alkanes) is 1. The van der Waals surface area contributed by atoms with E-state index >= 15 is 0 Å². The summed E-state index contributed by atoms with van der Waals surface area (Å²) in [5.74, 6) is 0.611. The van der Waals surface area contributed by atoms with Crippen LogP contribution >= 0.6 is 0 Å². The summed E-state index contributed by atoms with van der Waals surface area (Å²) in [6.45, 7) is 11.3. The quantitative estimate of drug-likeness (QED) is 0.486. The van der Waals surface area contributed by atoms with Gasteiger partial charge in [-0.1, -0.05) is 65.3 Å². The third-order valence-corrected chi connectivity index (χ3v) is 6.09. The first-order valence-electron chi connectivity index (χ1n) is 11.6. The molecule has 0 aliphatic carbocycles. The Hall–Kier alpha value is -2.95. The fourth-order valence-electron chi connectivity index (χ4n) is 4.08. The van der Waals surface area contributed by atoms with Gasteiger partial charge in [0.15, 0.2) is 0 Å². The topological polar surface area (TPSA) is 55.2 Å². The van der Waals surface area contributed by atoms with Crippen molar-refractivity contribution in [3.63, 3.8) is 0 Å². The Morgan fingerprint density at radius 2 is 1.72 bits per heavy atom. The summed E-state index contributed by atoms with van der Waals surface area (Å²) < 4.78 is 1.60. The van der Waals surface area contributed by atoms with Crippen LogP contribution in [0.5, 0.6) is 0 Å². The van der Waals surface area contributed by atoms with E-state index < -0.39 is 0 Å². The van der Waals surface area contributed by atoms with Crippen LogP contribution in [-0.2, 0) is 12.5 Å². The van der Waals surface area contributed by atoms with Gasteiger partial charge in [-0.25, -0.2) is 4.98 Å². The number of carbonyl (C=O) groups is 1. The Bertz CT molecular complexity index is 1140. The van der Waals surface area contributed by atoms with Crippen molar-refractivity contribution in [2.75, 3.05) is 6.54 Å². The normalized spacial score (nSPS) is 12.7. The highest BCUT2D eigenvalue weighted by Crippen LogP contribution is 2.27. The third-order valence-electron chi connectivity index (χ3n) is 6.09. The first-order valence-corrected chi connectivity index (χ1v) is 11.6. The molecule has 0 saturated heterocycles. The number of nitrogens with zero attached hydrogens (tertiary/aromatic N) is 3. The fourth-order valence-corrected chi connectivity index (χ4v) is 4.08. The molecule has 0 N–H and O–H groups in total. The Morgan fingerprint density at radius 3 is 2.31 bits per heavy atom. The number of rotatable bonds is 7. The predicted octanol–water partition coefficient (Wildman–Crippen LogP) is 5.62. The first kappa shape index (κ1) is 23.7. The molecule has 0 saturated carbocycles. The van der Waals surface area contributed by atoms with E-state index in [-0.39, 0.29) is 22.9 Å². The van der Waals surface area contributed by atoms with Gasteiger partial charge in [-0.05, 0) is 48.1 Å². The molecular formula is C27H35N3O2. The number of hydrogen-bond donors (Lipinski definition) is 0. The van der Waals surface area contributed by atoms with Gasteiger partial charge in [-0.15, -0.1) is 0 Å². The molecule has 0 aliphatic rings. The summed E-state index contributed by atoms with van der Waals surface area (Å²) in [5.41, 5.74) is 2.48. The van der Waals surface area contributed by atoms with Crippen molar-refractivity contribution >= 4 is 16.8 Å². The second-order valence-corrected chi connectivity index (χ2v) is 9.45. The minimum atomic E-state index is -0.279. The maximum Gasteiger partial charge on any atom is 0.261 e. The highest BCUT2D eigenvalue weighted by molar-refractivity contribution is 5.94. The molecule has 5 heteroatoms. The second kappa shape index (κ2) is 9.68. The summed E-state index contributed by atoms with van der Waals surface area (Å²) in [4.78, 5) is 33.4. The summed E-state index contributed by atoms with van der Waals surface area (Å²) in [6, 6.07) is 15.0. The number of hydrogen-bond acceptors (Lipinski definition) is 3. The average Bonchev–Trinajstić information content (AvgIpc) is 2.78. The first-order chi connectivity index (χ1) is 15.2. The third kappa shape index (κ3) is 4.77. The molecule has 1 heterocycles. The van der Waals surface area contributed by atoms with E-state index in [1.807, 2.05) is 54.3 Å².